The van der Waals surface area contributed by atoms with E-state index >= 15 is 0 Å². The molecule has 2 rings (SSSR count). The molecule has 1 unspecified atom stereocenters. The number of benzene rings is 1. The van der Waals surface area contributed by atoms with Crippen LogP contribution < -0.4 is 10.6 Å². The zero-order valence-electron chi connectivity index (χ0n) is 18.2. The lowest BCUT2D eigenvalue weighted by molar-refractivity contribution is -0.127. The highest BCUT2D eigenvalue weighted by Crippen LogP contribution is 2.15. The number of carbonyl (C=O) groups excluding carboxylic acids is 1. The number of nitrogens with zero attached hydrogens (tertiary/aromatic N) is 3. The van der Waals surface area contributed by atoms with E-state index < -0.39 is 10.0 Å². The first-order valence-electron chi connectivity index (χ1n) is 10.0. The number of rotatable bonds is 7. The van der Waals surface area contributed by atoms with Crippen LogP contribution in [0.1, 0.15) is 38.3 Å². The zero-order valence-corrected chi connectivity index (χ0v) is 21.3. The summed E-state index contributed by atoms with van der Waals surface area (Å²) in [6.45, 7) is 4.74. The second-order valence-electron chi connectivity index (χ2n) is 7.45. The quantitative estimate of drug-likeness (QED) is 0.306. The van der Waals surface area contributed by atoms with E-state index in [-0.39, 0.29) is 54.3 Å². The fourth-order valence-corrected chi connectivity index (χ4v) is 4.24. The molecule has 2 N–H and O–H groups in total. The number of likely N-dealkylation sites (N-methyl/N-ethyl adjacent to an activating group) is 1. The smallest absolute Gasteiger partial charge is 0.243 e. The summed E-state index contributed by atoms with van der Waals surface area (Å²) >= 11 is 0. The van der Waals surface area contributed by atoms with Crippen LogP contribution in [0.2, 0.25) is 0 Å². The highest BCUT2D eigenvalue weighted by atomic mass is 127. The lowest BCUT2D eigenvalue weighted by Crippen LogP contribution is -2.50. The molecule has 10 heteroatoms. The average molecular weight is 551 g/mol. The number of carbonyl (C=O) groups is 1. The van der Waals surface area contributed by atoms with Crippen molar-refractivity contribution in [3.8, 4) is 0 Å². The molecule has 1 aromatic rings. The van der Waals surface area contributed by atoms with Gasteiger partial charge in [-0.3, -0.25) is 4.79 Å². The second-order valence-corrected chi connectivity index (χ2v) is 9.71. The Morgan fingerprint density at radius 2 is 1.83 bits per heavy atom. The largest absolute Gasteiger partial charge is 0.354 e. The highest BCUT2D eigenvalue weighted by Gasteiger charge is 2.27. The van der Waals surface area contributed by atoms with Crippen LogP contribution in [-0.4, -0.2) is 75.0 Å². The van der Waals surface area contributed by atoms with Crippen LogP contribution in [0.4, 0.5) is 0 Å². The van der Waals surface area contributed by atoms with Gasteiger partial charge in [-0.2, -0.15) is 0 Å². The van der Waals surface area contributed by atoms with E-state index in [1.807, 2.05) is 37.3 Å². The second kappa shape index (κ2) is 12.5. The number of guanidine groups is 1. The lowest BCUT2D eigenvalue weighted by atomic mass is 10.1. The van der Waals surface area contributed by atoms with Crippen LogP contribution >= 0.6 is 24.0 Å². The maximum absolute atomic E-state index is 12.1. The summed E-state index contributed by atoms with van der Waals surface area (Å²) < 4.78 is 25.7. The van der Waals surface area contributed by atoms with Gasteiger partial charge in [-0.05, 0) is 32.3 Å². The first-order chi connectivity index (χ1) is 13.7. The molecule has 1 aliphatic heterocycles. The Morgan fingerprint density at radius 3 is 2.37 bits per heavy atom. The van der Waals surface area contributed by atoms with Crippen molar-refractivity contribution in [1.29, 1.82) is 0 Å². The molecule has 1 amide bonds. The van der Waals surface area contributed by atoms with E-state index in [9.17, 15) is 13.2 Å². The molecule has 0 spiro atoms. The highest BCUT2D eigenvalue weighted by molar-refractivity contribution is 14.0. The average Bonchev–Trinajstić information content (AvgIpc) is 2.72. The van der Waals surface area contributed by atoms with Crippen molar-refractivity contribution >= 4 is 45.9 Å². The first-order valence-corrected chi connectivity index (χ1v) is 11.6. The number of piperidine rings is 1. The lowest BCUT2D eigenvalue weighted by Gasteiger charge is -2.32. The maximum Gasteiger partial charge on any atom is 0.243 e. The molecule has 1 fully saturated rings. The Kier molecular flexibility index (Phi) is 11.1. The van der Waals surface area contributed by atoms with E-state index in [1.165, 1.54) is 4.90 Å². The molecule has 0 bridgehead atoms. The molecule has 1 heterocycles. The summed E-state index contributed by atoms with van der Waals surface area (Å²) in [5, 5.41) is 6.75. The van der Waals surface area contributed by atoms with Gasteiger partial charge in [0, 0.05) is 33.2 Å². The number of hydrogen-bond acceptors (Lipinski definition) is 4. The molecule has 1 aromatic carbocycles. The molecule has 1 saturated heterocycles. The van der Waals surface area contributed by atoms with Crippen LogP contribution in [0.15, 0.2) is 35.3 Å². The SMILES string of the molecule is CCS(=O)(=O)N1CCC(NC(=NCC(=O)N(C)C)NC(C)c2ccccc2)CC1.I. The van der Waals surface area contributed by atoms with Crippen LogP contribution in [0.3, 0.4) is 0 Å². The summed E-state index contributed by atoms with van der Waals surface area (Å²) in [7, 11) is 0.257. The van der Waals surface area contributed by atoms with E-state index in [0.29, 0.717) is 31.9 Å². The normalized spacial score (nSPS) is 17.0. The van der Waals surface area contributed by atoms with E-state index in [1.54, 1.807) is 25.3 Å². The molecule has 1 atom stereocenters. The van der Waals surface area contributed by atoms with Gasteiger partial charge in [-0.1, -0.05) is 30.3 Å². The van der Waals surface area contributed by atoms with Crippen molar-refractivity contribution in [3.63, 3.8) is 0 Å². The minimum Gasteiger partial charge on any atom is -0.354 e. The van der Waals surface area contributed by atoms with Gasteiger partial charge in [0.2, 0.25) is 15.9 Å². The molecule has 170 valence electrons. The molecular formula is C20H34IN5O3S. The topological polar surface area (TPSA) is 94.1 Å². The van der Waals surface area contributed by atoms with E-state index in [0.717, 1.165) is 5.56 Å². The Bertz CT molecular complexity index is 794. The van der Waals surface area contributed by atoms with Gasteiger partial charge < -0.3 is 15.5 Å². The summed E-state index contributed by atoms with van der Waals surface area (Å²) in [4.78, 5) is 17.9. The summed E-state index contributed by atoms with van der Waals surface area (Å²) in [5.74, 6) is 0.608. The van der Waals surface area contributed by atoms with Crippen molar-refractivity contribution < 1.29 is 13.2 Å². The molecule has 0 radical (unpaired) electrons. The van der Waals surface area contributed by atoms with Gasteiger partial charge in [0.15, 0.2) is 5.96 Å². The predicted octanol–water partition coefficient (Wildman–Crippen LogP) is 1.80. The van der Waals surface area contributed by atoms with Crippen molar-refractivity contribution in [2.75, 3.05) is 39.5 Å². The van der Waals surface area contributed by atoms with Gasteiger partial charge in [-0.25, -0.2) is 17.7 Å². The molecule has 0 aliphatic carbocycles. The van der Waals surface area contributed by atoms with Crippen molar-refractivity contribution in [2.45, 2.75) is 38.8 Å². The minimum absolute atomic E-state index is 0. The third-order valence-corrected chi connectivity index (χ3v) is 6.96. The van der Waals surface area contributed by atoms with Gasteiger partial charge >= 0.3 is 0 Å². The number of hydrogen-bond donors (Lipinski definition) is 2. The number of nitrogens with one attached hydrogen (secondary N) is 2. The standard InChI is InChI=1S/C20H33N5O3S.HI/c1-5-29(27,28)25-13-11-18(12-14-25)23-20(21-15-19(26)24(3)4)22-16(2)17-9-7-6-8-10-17;/h6-10,16,18H,5,11-15H2,1-4H3,(H2,21,22,23);1H. The van der Waals surface area contributed by atoms with Crippen LogP contribution in [-0.2, 0) is 14.8 Å². The molecule has 8 nitrogen and oxygen atoms in total. The van der Waals surface area contributed by atoms with Gasteiger partial charge in [-0.15, -0.1) is 24.0 Å². The first kappa shape index (κ1) is 26.6. The fourth-order valence-electron chi connectivity index (χ4n) is 3.11. The molecule has 0 saturated carbocycles. The monoisotopic (exact) mass is 551 g/mol. The number of aliphatic imine (C=N–C) groups is 1. The van der Waals surface area contributed by atoms with E-state index in [2.05, 4.69) is 15.6 Å². The van der Waals surface area contributed by atoms with Gasteiger partial charge in [0.05, 0.1) is 11.8 Å². The minimum atomic E-state index is -3.15. The zero-order chi connectivity index (χ0) is 21.4. The Balaban J connectivity index is 0.00000450. The van der Waals surface area contributed by atoms with E-state index in [4.69, 9.17) is 0 Å². The summed E-state index contributed by atoms with van der Waals surface area (Å²) in [6, 6.07) is 10.1. The van der Waals surface area contributed by atoms with Crippen LogP contribution in [0, 0.1) is 0 Å². The predicted molar refractivity (Wildman–Crippen MR) is 132 cm³/mol. The number of sulfonamides is 1. The van der Waals surface area contributed by atoms with Crippen molar-refractivity contribution in [1.82, 2.24) is 19.8 Å². The summed E-state index contributed by atoms with van der Waals surface area (Å²) in [5.41, 5.74) is 1.12. The molecule has 1 aliphatic rings. The number of amides is 1. The van der Waals surface area contributed by atoms with Crippen molar-refractivity contribution in [3.05, 3.63) is 35.9 Å². The van der Waals surface area contributed by atoms with Gasteiger partial charge in [0.25, 0.3) is 0 Å². The number of halogens is 1. The third kappa shape index (κ3) is 8.03. The Morgan fingerprint density at radius 1 is 1.23 bits per heavy atom. The Labute approximate surface area is 197 Å². The molecule has 30 heavy (non-hydrogen) atoms. The van der Waals surface area contributed by atoms with Gasteiger partial charge in [0.1, 0.15) is 6.54 Å². The summed E-state index contributed by atoms with van der Waals surface area (Å²) in [6.07, 6.45) is 1.39. The molecule has 0 aromatic heterocycles. The van der Waals surface area contributed by atoms with Crippen molar-refractivity contribution in [2.24, 2.45) is 4.99 Å². The fraction of sp³-hybridized carbons (Fsp3) is 0.600. The third-order valence-electron chi connectivity index (χ3n) is 5.08. The maximum atomic E-state index is 12.1. The Hall–Kier alpha value is -1.40. The van der Waals surface area contributed by atoms with Crippen LogP contribution in [0.25, 0.3) is 0 Å². The molecular weight excluding hydrogens is 517 g/mol. The van der Waals surface area contributed by atoms with Crippen LogP contribution in [0.5, 0.6) is 0 Å².